The zero-order valence-electron chi connectivity index (χ0n) is 8.00. The van der Waals surface area contributed by atoms with E-state index in [9.17, 15) is 4.79 Å². The average Bonchev–Trinajstić information content (AvgIpc) is 2.14. The summed E-state index contributed by atoms with van der Waals surface area (Å²) in [6, 6.07) is 1.47. The van der Waals surface area contributed by atoms with Gasteiger partial charge in [0.25, 0.3) is 5.56 Å². The Labute approximate surface area is 91.1 Å². The van der Waals surface area contributed by atoms with Crippen molar-refractivity contribution in [1.82, 2.24) is 4.57 Å². The number of rotatable bonds is 4. The molecule has 1 aromatic rings. The van der Waals surface area contributed by atoms with Crippen molar-refractivity contribution in [1.29, 1.82) is 0 Å². The molecular weight excluding hydrogens is 246 g/mol. The minimum atomic E-state index is -0.0817. The maximum absolute atomic E-state index is 11.3. The SMILES string of the molecule is C=CCCOc1cc(=O)n(C)cc1Br. The molecule has 0 bridgehead atoms. The summed E-state index contributed by atoms with van der Waals surface area (Å²) >= 11 is 3.32. The van der Waals surface area contributed by atoms with Gasteiger partial charge in [0, 0.05) is 19.3 Å². The van der Waals surface area contributed by atoms with Crippen LogP contribution in [0.4, 0.5) is 0 Å². The van der Waals surface area contributed by atoms with Gasteiger partial charge < -0.3 is 9.30 Å². The fourth-order valence-electron chi connectivity index (χ4n) is 0.943. The zero-order valence-corrected chi connectivity index (χ0v) is 9.58. The number of hydrogen-bond acceptors (Lipinski definition) is 2. The van der Waals surface area contributed by atoms with Crippen molar-refractivity contribution in [3.8, 4) is 5.75 Å². The van der Waals surface area contributed by atoms with Gasteiger partial charge in [-0.15, -0.1) is 6.58 Å². The minimum absolute atomic E-state index is 0.0817. The third-order valence-corrected chi connectivity index (χ3v) is 2.32. The Bertz CT molecular complexity index is 384. The van der Waals surface area contributed by atoms with Crippen molar-refractivity contribution in [2.75, 3.05) is 6.61 Å². The van der Waals surface area contributed by atoms with E-state index in [-0.39, 0.29) is 5.56 Å². The lowest BCUT2D eigenvalue weighted by Crippen LogP contribution is -2.15. The average molecular weight is 258 g/mol. The second kappa shape index (κ2) is 5.00. The van der Waals surface area contributed by atoms with E-state index in [2.05, 4.69) is 22.5 Å². The van der Waals surface area contributed by atoms with Crippen molar-refractivity contribution in [3.63, 3.8) is 0 Å². The molecule has 14 heavy (non-hydrogen) atoms. The van der Waals surface area contributed by atoms with Crippen LogP contribution in [0.5, 0.6) is 5.75 Å². The van der Waals surface area contributed by atoms with Gasteiger partial charge in [-0.25, -0.2) is 0 Å². The normalized spacial score (nSPS) is 9.86. The minimum Gasteiger partial charge on any atom is -0.492 e. The lowest BCUT2D eigenvalue weighted by molar-refractivity contribution is 0.321. The molecule has 0 amide bonds. The van der Waals surface area contributed by atoms with Crippen LogP contribution in [-0.2, 0) is 7.05 Å². The summed E-state index contributed by atoms with van der Waals surface area (Å²) in [6.45, 7) is 4.13. The largest absolute Gasteiger partial charge is 0.492 e. The van der Waals surface area contributed by atoms with E-state index in [0.717, 1.165) is 10.9 Å². The molecule has 1 rings (SSSR count). The topological polar surface area (TPSA) is 31.2 Å². The van der Waals surface area contributed by atoms with E-state index in [1.807, 2.05) is 0 Å². The van der Waals surface area contributed by atoms with Crippen molar-refractivity contribution in [3.05, 3.63) is 39.7 Å². The lowest BCUT2D eigenvalue weighted by Gasteiger charge is -2.07. The first-order valence-corrected chi connectivity index (χ1v) is 5.04. The number of nitrogens with zero attached hydrogens (tertiary/aromatic N) is 1. The molecule has 0 saturated heterocycles. The molecule has 3 nitrogen and oxygen atoms in total. The molecule has 0 aliphatic heterocycles. The van der Waals surface area contributed by atoms with Crippen LogP contribution in [0.25, 0.3) is 0 Å². The summed E-state index contributed by atoms with van der Waals surface area (Å²) in [4.78, 5) is 11.3. The first-order valence-electron chi connectivity index (χ1n) is 4.25. The van der Waals surface area contributed by atoms with E-state index in [1.165, 1.54) is 10.6 Å². The number of ether oxygens (including phenoxy) is 1. The predicted octanol–water partition coefficient (Wildman–Crippen LogP) is 2.10. The third kappa shape index (κ3) is 2.73. The number of hydrogen-bond donors (Lipinski definition) is 0. The molecule has 0 radical (unpaired) electrons. The molecule has 0 unspecified atom stereocenters. The van der Waals surface area contributed by atoms with Gasteiger partial charge in [-0.2, -0.15) is 0 Å². The molecule has 4 heteroatoms. The van der Waals surface area contributed by atoms with Crippen molar-refractivity contribution >= 4 is 15.9 Å². The maximum atomic E-state index is 11.3. The summed E-state index contributed by atoms with van der Waals surface area (Å²) in [5.41, 5.74) is -0.0817. The molecule has 0 aliphatic rings. The number of aryl methyl sites for hydroxylation is 1. The van der Waals surface area contributed by atoms with Gasteiger partial charge in [0.15, 0.2) is 0 Å². The molecule has 0 atom stereocenters. The van der Waals surface area contributed by atoms with Crippen LogP contribution >= 0.6 is 15.9 Å². The molecule has 0 spiro atoms. The van der Waals surface area contributed by atoms with Gasteiger partial charge in [-0.05, 0) is 22.4 Å². The molecule has 1 heterocycles. The molecule has 0 aliphatic carbocycles. The summed E-state index contributed by atoms with van der Waals surface area (Å²) in [7, 11) is 1.70. The van der Waals surface area contributed by atoms with Gasteiger partial charge in [0.05, 0.1) is 11.1 Å². The summed E-state index contributed by atoms with van der Waals surface area (Å²) in [5.74, 6) is 0.579. The number of aromatic nitrogens is 1. The number of pyridine rings is 1. The van der Waals surface area contributed by atoms with Crippen LogP contribution in [0.2, 0.25) is 0 Å². The van der Waals surface area contributed by atoms with E-state index in [0.29, 0.717) is 12.4 Å². The maximum Gasteiger partial charge on any atom is 0.254 e. The van der Waals surface area contributed by atoms with Crippen molar-refractivity contribution in [2.24, 2.45) is 7.05 Å². The van der Waals surface area contributed by atoms with E-state index >= 15 is 0 Å². The Morgan fingerprint density at radius 1 is 1.71 bits per heavy atom. The van der Waals surface area contributed by atoms with E-state index in [4.69, 9.17) is 4.74 Å². The molecule has 1 aromatic heterocycles. The van der Waals surface area contributed by atoms with Crippen LogP contribution in [0.1, 0.15) is 6.42 Å². The van der Waals surface area contributed by atoms with Crippen LogP contribution in [0.15, 0.2) is 34.2 Å². The highest BCUT2D eigenvalue weighted by atomic mass is 79.9. The quantitative estimate of drug-likeness (QED) is 0.611. The summed E-state index contributed by atoms with van der Waals surface area (Å²) in [5, 5.41) is 0. The fourth-order valence-corrected chi connectivity index (χ4v) is 1.48. The highest BCUT2D eigenvalue weighted by molar-refractivity contribution is 9.10. The van der Waals surface area contributed by atoms with Crippen LogP contribution in [0.3, 0.4) is 0 Å². The van der Waals surface area contributed by atoms with Crippen LogP contribution in [-0.4, -0.2) is 11.2 Å². The Morgan fingerprint density at radius 2 is 2.43 bits per heavy atom. The second-order valence-corrected chi connectivity index (χ2v) is 3.71. The summed E-state index contributed by atoms with van der Waals surface area (Å²) in [6.07, 6.45) is 4.22. The van der Waals surface area contributed by atoms with Gasteiger partial charge in [-0.3, -0.25) is 4.79 Å². The monoisotopic (exact) mass is 257 g/mol. The Kier molecular flexibility index (Phi) is 3.95. The molecule has 0 aromatic carbocycles. The molecule has 0 saturated carbocycles. The third-order valence-electron chi connectivity index (χ3n) is 1.72. The van der Waals surface area contributed by atoms with Gasteiger partial charge in [-0.1, -0.05) is 6.08 Å². The zero-order chi connectivity index (χ0) is 10.6. The second-order valence-electron chi connectivity index (χ2n) is 2.86. The first-order chi connectivity index (χ1) is 6.65. The molecule has 0 fully saturated rings. The van der Waals surface area contributed by atoms with Crippen LogP contribution < -0.4 is 10.3 Å². The smallest absolute Gasteiger partial charge is 0.254 e. The summed E-state index contributed by atoms with van der Waals surface area (Å²) < 4.78 is 7.65. The van der Waals surface area contributed by atoms with Crippen molar-refractivity contribution in [2.45, 2.75) is 6.42 Å². The standard InChI is InChI=1S/C10H12BrNO2/c1-3-4-5-14-9-6-10(13)12(2)7-8(9)11/h3,6-7H,1,4-5H2,2H3. The first kappa shape index (κ1) is 11.0. The lowest BCUT2D eigenvalue weighted by atomic mass is 10.4. The van der Waals surface area contributed by atoms with E-state index < -0.39 is 0 Å². The number of halogens is 1. The van der Waals surface area contributed by atoms with E-state index in [1.54, 1.807) is 19.3 Å². The van der Waals surface area contributed by atoms with Gasteiger partial charge in [0.2, 0.25) is 0 Å². The van der Waals surface area contributed by atoms with Gasteiger partial charge in [0.1, 0.15) is 5.75 Å². The predicted molar refractivity (Wildman–Crippen MR) is 59.7 cm³/mol. The highest BCUT2D eigenvalue weighted by Crippen LogP contribution is 2.21. The van der Waals surface area contributed by atoms with Crippen molar-refractivity contribution < 1.29 is 4.74 Å². The Balaban J connectivity index is 2.82. The Morgan fingerprint density at radius 3 is 3.07 bits per heavy atom. The van der Waals surface area contributed by atoms with Crippen LogP contribution in [0, 0.1) is 0 Å². The Hall–Kier alpha value is -1.03. The van der Waals surface area contributed by atoms with Gasteiger partial charge >= 0.3 is 0 Å². The highest BCUT2D eigenvalue weighted by Gasteiger charge is 2.02. The molecule has 76 valence electrons. The molecule has 0 N–H and O–H groups in total. The molecular formula is C10H12BrNO2. The fraction of sp³-hybridized carbons (Fsp3) is 0.300.